The molecule has 3 N–H and O–H groups in total. The van der Waals surface area contributed by atoms with E-state index < -0.39 is 68.5 Å². The van der Waals surface area contributed by atoms with Gasteiger partial charge in [-0.15, -0.1) is 0 Å². The van der Waals surface area contributed by atoms with E-state index in [2.05, 4.69) is 53.8 Å². The third-order valence-electron chi connectivity index (χ3n) is 13.2. The lowest BCUT2D eigenvalue weighted by Crippen LogP contribution is -2.46. The van der Waals surface area contributed by atoms with Gasteiger partial charge in [-0.2, -0.15) is 0 Å². The number of aryl methyl sites for hydroxylation is 1. The third kappa shape index (κ3) is 10.1. The van der Waals surface area contributed by atoms with Crippen molar-refractivity contribution in [2.75, 3.05) is 39.8 Å². The molecule has 3 aromatic carbocycles. The summed E-state index contributed by atoms with van der Waals surface area (Å²) in [4.78, 5) is 40.9. The van der Waals surface area contributed by atoms with Crippen molar-refractivity contribution in [2.24, 2.45) is 0 Å². The highest BCUT2D eigenvalue weighted by molar-refractivity contribution is 8.09. The summed E-state index contributed by atoms with van der Waals surface area (Å²) in [5.41, 5.74) is 7.95. The Balaban J connectivity index is 1.11. The first-order chi connectivity index (χ1) is 32.3. The molecule has 17 nitrogen and oxygen atoms in total. The SMILES string of the molecule is COc1ccc(C(OC[C@H]2O[C@@H](n3cnc4c(N)ncnc43)C[C@@H]2OP(C)(=S)OC[C@H]2O[C@@H](n3cc(C)c(=O)[nH]c3=O)C[C@@H]2O[Si](C)(C)C(C)(C)C)(c2ccccc2)c2ccc(OC)cc2)cc1. The Morgan fingerprint density at radius 2 is 1.40 bits per heavy atom. The van der Waals surface area contributed by atoms with Gasteiger partial charge in [-0.1, -0.05) is 75.4 Å². The second kappa shape index (κ2) is 19.7. The van der Waals surface area contributed by atoms with Crippen LogP contribution in [0.4, 0.5) is 5.82 Å². The van der Waals surface area contributed by atoms with Crippen LogP contribution in [0.2, 0.25) is 18.1 Å². The molecule has 0 amide bonds. The van der Waals surface area contributed by atoms with Gasteiger partial charge in [0.1, 0.15) is 53.6 Å². The molecule has 0 aliphatic carbocycles. The smallest absolute Gasteiger partial charge is 0.330 e. The number of H-pyrrole nitrogens is 1. The number of aromatic amines is 1. The first-order valence-electron chi connectivity index (χ1n) is 22.5. The summed E-state index contributed by atoms with van der Waals surface area (Å²) in [6, 6.07) is 25.6. The van der Waals surface area contributed by atoms with Crippen LogP contribution in [0.5, 0.6) is 11.5 Å². The van der Waals surface area contributed by atoms with Gasteiger partial charge in [0, 0.05) is 31.3 Å². The van der Waals surface area contributed by atoms with Crippen molar-refractivity contribution >= 4 is 43.6 Å². The van der Waals surface area contributed by atoms with Crippen molar-refractivity contribution < 1.29 is 37.2 Å². The molecule has 2 aliphatic heterocycles. The van der Waals surface area contributed by atoms with Crippen LogP contribution >= 0.6 is 6.49 Å². The predicted octanol–water partition coefficient (Wildman–Crippen LogP) is 7.60. The minimum absolute atomic E-state index is 0.0211. The Labute approximate surface area is 401 Å². The summed E-state index contributed by atoms with van der Waals surface area (Å²) in [5, 5.41) is -0.113. The molecule has 3 aromatic heterocycles. The zero-order chi connectivity index (χ0) is 48.6. The molecule has 2 fully saturated rings. The van der Waals surface area contributed by atoms with Crippen molar-refractivity contribution in [3.63, 3.8) is 0 Å². The van der Waals surface area contributed by atoms with Crippen LogP contribution in [0.3, 0.4) is 0 Å². The number of rotatable bonds is 17. The summed E-state index contributed by atoms with van der Waals surface area (Å²) in [5.74, 6) is 1.64. The Morgan fingerprint density at radius 1 is 0.824 bits per heavy atom. The molecule has 0 saturated carbocycles. The van der Waals surface area contributed by atoms with Crippen LogP contribution in [0.25, 0.3) is 11.2 Å². The molecule has 8 rings (SSSR count). The molecular weight excluding hydrogens is 926 g/mol. The van der Waals surface area contributed by atoms with Crippen LogP contribution in [0, 0.1) is 6.92 Å². The summed E-state index contributed by atoms with van der Waals surface area (Å²) in [7, 11) is 0.914. The van der Waals surface area contributed by atoms with Gasteiger partial charge in [-0.05, 0) is 77.8 Å². The summed E-state index contributed by atoms with van der Waals surface area (Å²) < 4.78 is 55.6. The van der Waals surface area contributed by atoms with E-state index in [0.717, 1.165) is 16.7 Å². The molecule has 0 radical (unpaired) electrons. The second-order valence-electron chi connectivity index (χ2n) is 18.7. The van der Waals surface area contributed by atoms with E-state index in [4.69, 9.17) is 54.7 Å². The van der Waals surface area contributed by atoms with E-state index in [-0.39, 0.29) is 24.1 Å². The largest absolute Gasteiger partial charge is 0.497 e. The number of hydrogen-bond donors (Lipinski definition) is 2. The van der Waals surface area contributed by atoms with Crippen molar-refractivity contribution in [2.45, 2.75) is 101 Å². The Morgan fingerprint density at radius 3 is 2.00 bits per heavy atom. The minimum Gasteiger partial charge on any atom is -0.497 e. The van der Waals surface area contributed by atoms with Gasteiger partial charge in [-0.25, -0.2) is 19.7 Å². The maximum absolute atomic E-state index is 13.1. The molecular formula is C48H60N7O10PSSi. The van der Waals surface area contributed by atoms with Gasteiger partial charge < -0.3 is 42.9 Å². The summed E-state index contributed by atoms with van der Waals surface area (Å²) in [6.07, 6.45) is 1.50. The van der Waals surface area contributed by atoms with Crippen LogP contribution < -0.4 is 26.5 Å². The zero-order valence-corrected chi connectivity index (χ0v) is 42.5. The molecule has 1 unspecified atom stereocenters. The molecule has 5 heterocycles. The number of nitrogens with zero attached hydrogens (tertiary/aromatic N) is 5. The molecule has 362 valence electrons. The number of nitrogens with one attached hydrogen (secondary N) is 1. The molecule has 20 heteroatoms. The number of methoxy groups -OCH3 is 2. The highest BCUT2D eigenvalue weighted by atomic mass is 32.5. The van der Waals surface area contributed by atoms with Gasteiger partial charge in [0.2, 0.25) is 0 Å². The van der Waals surface area contributed by atoms with Crippen LogP contribution in [0.15, 0.2) is 107 Å². The number of imidazole rings is 1. The molecule has 7 atom stereocenters. The van der Waals surface area contributed by atoms with Gasteiger partial charge in [0.25, 0.3) is 5.56 Å². The van der Waals surface area contributed by atoms with Crippen molar-refractivity contribution in [1.29, 1.82) is 0 Å². The van der Waals surface area contributed by atoms with E-state index in [9.17, 15) is 9.59 Å². The average molecular weight is 986 g/mol. The van der Waals surface area contributed by atoms with E-state index in [1.165, 1.54) is 17.1 Å². The Hall–Kier alpha value is -5.08. The van der Waals surface area contributed by atoms with Crippen LogP contribution in [-0.4, -0.2) is 95.9 Å². The molecule has 0 bridgehead atoms. The number of nitrogen functional groups attached to an aromatic ring is 1. The fourth-order valence-corrected chi connectivity index (χ4v) is 11.5. The number of fused-ring (bicyclic) bond motifs is 1. The number of aromatic nitrogens is 6. The molecule has 6 aromatic rings. The van der Waals surface area contributed by atoms with Crippen molar-refractivity contribution in [1.82, 2.24) is 29.1 Å². The average Bonchev–Trinajstić information content (AvgIpc) is 4.04. The topological polar surface area (TPSA) is 198 Å². The highest BCUT2D eigenvalue weighted by Gasteiger charge is 2.47. The zero-order valence-electron chi connectivity index (χ0n) is 39.8. The molecule has 68 heavy (non-hydrogen) atoms. The minimum atomic E-state index is -3.11. The molecule has 2 aliphatic rings. The summed E-state index contributed by atoms with van der Waals surface area (Å²) in [6.45, 7) is 11.2. The van der Waals surface area contributed by atoms with Gasteiger partial charge in [-0.3, -0.25) is 18.9 Å². The lowest BCUT2D eigenvalue weighted by atomic mass is 9.80. The third-order valence-corrected chi connectivity index (χ3v) is 19.6. The monoisotopic (exact) mass is 985 g/mol. The van der Waals surface area contributed by atoms with Crippen LogP contribution in [-0.2, 0) is 45.1 Å². The maximum atomic E-state index is 13.1. The Kier molecular flexibility index (Phi) is 14.3. The predicted molar refractivity (Wildman–Crippen MR) is 264 cm³/mol. The lowest BCUT2D eigenvalue weighted by molar-refractivity contribution is -0.0909. The lowest BCUT2D eigenvalue weighted by Gasteiger charge is -2.39. The Bertz CT molecular complexity index is 2830. The standard InChI is InChI=1S/C48H60N7O10PSSi/c1-30-25-54(46(57)53-45(30)56)40-24-37(65-68(8,9)47(2,3)4)39(63-40)27-61-66(7,67)64-36-23-41(55-29-52-42-43(49)50-28-51-44(42)55)62-38(36)26-60-48(31-13-11-10-12-14-31,32-15-19-34(58-5)20-16-32)33-17-21-35(59-6)22-18-33/h10-22,25,28-29,36-41H,23-24,26-27H2,1-9H3,(H2,49,50,51)(H,53,56,57)/t36-,37-,38+,39+,40+,41+,66?/m0/s1. The quantitative estimate of drug-likeness (QED) is 0.0514. The van der Waals surface area contributed by atoms with E-state index in [0.29, 0.717) is 41.1 Å². The highest BCUT2D eigenvalue weighted by Crippen LogP contribution is 2.51. The first-order valence-corrected chi connectivity index (χ1v) is 28.4. The number of benzene rings is 3. The number of nitrogens with two attached hydrogens (primary N) is 1. The normalized spacial score (nSPS) is 22.1. The van der Waals surface area contributed by atoms with Gasteiger partial charge in [0.05, 0.1) is 46.0 Å². The van der Waals surface area contributed by atoms with E-state index in [1.54, 1.807) is 34.1 Å². The van der Waals surface area contributed by atoms with Gasteiger partial charge >= 0.3 is 5.69 Å². The number of anilines is 1. The van der Waals surface area contributed by atoms with Gasteiger partial charge in [0.15, 0.2) is 26.3 Å². The van der Waals surface area contributed by atoms with Crippen molar-refractivity contribution in [3.8, 4) is 11.5 Å². The number of ether oxygens (including phenoxy) is 5. The molecule has 0 spiro atoms. The second-order valence-corrected chi connectivity index (χ2v) is 27.5. The fourth-order valence-electron chi connectivity index (χ4n) is 8.48. The van der Waals surface area contributed by atoms with Crippen LogP contribution in [0.1, 0.15) is 68.3 Å². The number of hydrogen-bond acceptors (Lipinski definition) is 15. The summed E-state index contributed by atoms with van der Waals surface area (Å²) >= 11 is 6.23. The van der Waals surface area contributed by atoms with E-state index in [1.807, 2.05) is 83.4 Å². The molecule has 2 saturated heterocycles. The first kappa shape index (κ1) is 49.3. The van der Waals surface area contributed by atoms with E-state index >= 15 is 0 Å². The van der Waals surface area contributed by atoms with Crippen molar-refractivity contribution in [3.05, 3.63) is 141 Å². The fraction of sp³-hybridized carbons (Fsp3) is 0.438. The maximum Gasteiger partial charge on any atom is 0.330 e.